The van der Waals surface area contributed by atoms with Crippen LogP contribution in [0.1, 0.15) is 47.2 Å². The number of rotatable bonds is 8. The minimum absolute atomic E-state index is 0.0112. The van der Waals surface area contributed by atoms with E-state index >= 15 is 0 Å². The summed E-state index contributed by atoms with van der Waals surface area (Å²) in [6.07, 6.45) is 5.63. The van der Waals surface area contributed by atoms with Gasteiger partial charge in [-0.15, -0.1) is 0 Å². The second-order valence-corrected chi connectivity index (χ2v) is 10.5. The topological polar surface area (TPSA) is 58.1 Å². The Labute approximate surface area is 210 Å². The van der Waals surface area contributed by atoms with E-state index in [1.165, 1.54) is 5.56 Å². The normalized spacial score (nSPS) is 16.4. The SMILES string of the molecule is O=C(NC1CC1)c1ccc(CSc2nc(Cl)cc(N3CCC(Cc4ccccc4)CC3)n2)cc1. The van der Waals surface area contributed by atoms with Gasteiger partial charge in [0.1, 0.15) is 11.0 Å². The first-order valence-corrected chi connectivity index (χ1v) is 13.3. The second-order valence-electron chi connectivity index (χ2n) is 9.18. The zero-order chi connectivity index (χ0) is 23.3. The maximum absolute atomic E-state index is 12.2. The molecular formula is C27H29ClN4OS. The number of nitrogens with one attached hydrogen (secondary N) is 1. The molecule has 5 rings (SSSR count). The van der Waals surface area contributed by atoms with Gasteiger partial charge >= 0.3 is 0 Å². The summed E-state index contributed by atoms with van der Waals surface area (Å²) in [6, 6.07) is 20.8. The van der Waals surface area contributed by atoms with Crippen molar-refractivity contribution in [2.75, 3.05) is 18.0 Å². The van der Waals surface area contributed by atoms with Gasteiger partial charge in [0.05, 0.1) is 0 Å². The van der Waals surface area contributed by atoms with Crippen LogP contribution in [-0.2, 0) is 12.2 Å². The number of carbonyl (C=O) groups excluding carboxylic acids is 1. The van der Waals surface area contributed by atoms with Crippen molar-refractivity contribution in [3.05, 3.63) is 82.5 Å². The molecule has 2 aliphatic rings. The highest BCUT2D eigenvalue weighted by molar-refractivity contribution is 7.98. The molecule has 2 fully saturated rings. The Balaban J connectivity index is 1.15. The Hall–Kier alpha value is -2.57. The van der Waals surface area contributed by atoms with Gasteiger partial charge in [-0.1, -0.05) is 65.8 Å². The van der Waals surface area contributed by atoms with E-state index in [-0.39, 0.29) is 5.91 Å². The van der Waals surface area contributed by atoms with Gasteiger partial charge in [-0.2, -0.15) is 0 Å². The lowest BCUT2D eigenvalue weighted by Gasteiger charge is -2.33. The van der Waals surface area contributed by atoms with Crippen LogP contribution in [0.2, 0.25) is 5.15 Å². The van der Waals surface area contributed by atoms with E-state index < -0.39 is 0 Å². The first-order valence-electron chi connectivity index (χ1n) is 12.0. The Morgan fingerprint density at radius 2 is 1.71 bits per heavy atom. The molecule has 1 aliphatic heterocycles. The maximum Gasteiger partial charge on any atom is 0.251 e. The van der Waals surface area contributed by atoms with Crippen molar-refractivity contribution >= 4 is 35.1 Å². The van der Waals surface area contributed by atoms with E-state index in [1.807, 2.05) is 30.3 Å². The zero-order valence-corrected chi connectivity index (χ0v) is 20.7. The van der Waals surface area contributed by atoms with Crippen molar-refractivity contribution in [2.24, 2.45) is 5.92 Å². The lowest BCUT2D eigenvalue weighted by atomic mass is 9.90. The highest BCUT2D eigenvalue weighted by Gasteiger charge is 2.24. The molecule has 1 amide bonds. The van der Waals surface area contributed by atoms with Crippen LogP contribution in [0.15, 0.2) is 65.8 Å². The third kappa shape index (κ3) is 6.30. The van der Waals surface area contributed by atoms with Crippen LogP contribution in [-0.4, -0.2) is 35.0 Å². The molecule has 0 spiro atoms. The van der Waals surface area contributed by atoms with Crippen molar-refractivity contribution in [1.82, 2.24) is 15.3 Å². The molecule has 34 heavy (non-hydrogen) atoms. The van der Waals surface area contributed by atoms with Crippen LogP contribution in [0.25, 0.3) is 0 Å². The summed E-state index contributed by atoms with van der Waals surface area (Å²) in [5.74, 6) is 2.35. The van der Waals surface area contributed by atoms with Gasteiger partial charge in [0.2, 0.25) is 0 Å². The van der Waals surface area contributed by atoms with Gasteiger partial charge in [0, 0.05) is 36.5 Å². The molecular weight excluding hydrogens is 464 g/mol. The predicted octanol–water partition coefficient (Wildman–Crippen LogP) is 5.77. The molecule has 0 bridgehead atoms. The molecule has 176 valence electrons. The summed E-state index contributed by atoms with van der Waals surface area (Å²) >= 11 is 7.92. The monoisotopic (exact) mass is 492 g/mol. The van der Waals surface area contributed by atoms with Crippen molar-refractivity contribution in [3.8, 4) is 0 Å². The highest BCUT2D eigenvalue weighted by Crippen LogP contribution is 2.29. The van der Waals surface area contributed by atoms with E-state index in [2.05, 4.69) is 45.5 Å². The molecule has 1 N–H and O–H groups in total. The third-order valence-electron chi connectivity index (χ3n) is 6.46. The molecule has 1 saturated carbocycles. The van der Waals surface area contributed by atoms with Gasteiger partial charge in [0.25, 0.3) is 5.91 Å². The molecule has 2 heterocycles. The molecule has 0 unspecified atom stereocenters. The average molecular weight is 493 g/mol. The molecule has 3 aromatic rings. The summed E-state index contributed by atoms with van der Waals surface area (Å²) in [7, 11) is 0. The van der Waals surface area contributed by atoms with E-state index in [9.17, 15) is 4.79 Å². The highest BCUT2D eigenvalue weighted by atomic mass is 35.5. The quantitative estimate of drug-likeness (QED) is 0.245. The van der Waals surface area contributed by atoms with Crippen LogP contribution in [0.5, 0.6) is 0 Å². The number of halogens is 1. The van der Waals surface area contributed by atoms with Crippen LogP contribution >= 0.6 is 23.4 Å². The second kappa shape index (κ2) is 10.8. The van der Waals surface area contributed by atoms with E-state index in [0.29, 0.717) is 27.8 Å². The van der Waals surface area contributed by atoms with Gasteiger partial charge in [-0.05, 0) is 61.3 Å². The smallest absolute Gasteiger partial charge is 0.251 e. The average Bonchev–Trinajstić information content (AvgIpc) is 3.68. The van der Waals surface area contributed by atoms with Crippen LogP contribution in [0, 0.1) is 5.92 Å². The van der Waals surface area contributed by atoms with Gasteiger partial charge in [-0.25, -0.2) is 9.97 Å². The fraction of sp³-hybridized carbons (Fsp3) is 0.370. The van der Waals surface area contributed by atoms with Crippen molar-refractivity contribution < 1.29 is 4.79 Å². The number of aromatic nitrogens is 2. The summed E-state index contributed by atoms with van der Waals surface area (Å²) < 4.78 is 0. The number of nitrogens with zero attached hydrogens (tertiary/aromatic N) is 3. The standard InChI is InChI=1S/C27H29ClN4OS/c28-24-17-25(32-14-12-20(13-15-32)16-19-4-2-1-3-5-19)31-27(30-24)34-18-21-6-8-22(9-7-21)26(33)29-23-10-11-23/h1-9,17,20,23H,10-16,18H2,(H,29,33). The van der Waals surface area contributed by atoms with E-state index in [0.717, 1.165) is 62.3 Å². The molecule has 2 aromatic carbocycles. The fourth-order valence-corrected chi connectivity index (χ4v) is 5.36. The number of amides is 1. The number of piperidine rings is 1. The third-order valence-corrected chi connectivity index (χ3v) is 7.58. The van der Waals surface area contributed by atoms with Crippen LogP contribution < -0.4 is 10.2 Å². The number of hydrogen-bond donors (Lipinski definition) is 1. The minimum atomic E-state index is 0.0112. The van der Waals surface area contributed by atoms with Gasteiger partial charge < -0.3 is 10.2 Å². The number of hydrogen-bond acceptors (Lipinski definition) is 5. The zero-order valence-electron chi connectivity index (χ0n) is 19.1. The molecule has 7 heteroatoms. The largest absolute Gasteiger partial charge is 0.356 e. The van der Waals surface area contributed by atoms with Gasteiger partial charge in [0.15, 0.2) is 5.16 Å². The van der Waals surface area contributed by atoms with Crippen LogP contribution in [0.3, 0.4) is 0 Å². The minimum Gasteiger partial charge on any atom is -0.356 e. The Morgan fingerprint density at radius 1 is 0.971 bits per heavy atom. The fourth-order valence-electron chi connectivity index (χ4n) is 4.32. The molecule has 0 radical (unpaired) electrons. The van der Waals surface area contributed by atoms with Crippen LogP contribution in [0.4, 0.5) is 5.82 Å². The number of anilines is 1. The number of thioether (sulfide) groups is 1. The first-order chi connectivity index (χ1) is 16.6. The van der Waals surface area contributed by atoms with Crippen molar-refractivity contribution in [2.45, 2.75) is 49.1 Å². The molecule has 5 nitrogen and oxygen atoms in total. The molecule has 0 atom stereocenters. The predicted molar refractivity (Wildman–Crippen MR) is 139 cm³/mol. The first kappa shape index (κ1) is 23.2. The van der Waals surface area contributed by atoms with Crippen molar-refractivity contribution in [3.63, 3.8) is 0 Å². The summed E-state index contributed by atoms with van der Waals surface area (Å²) in [6.45, 7) is 1.97. The molecule has 1 aliphatic carbocycles. The van der Waals surface area contributed by atoms with E-state index in [4.69, 9.17) is 16.6 Å². The van der Waals surface area contributed by atoms with Gasteiger partial charge in [-0.3, -0.25) is 4.79 Å². The maximum atomic E-state index is 12.2. The Kier molecular flexibility index (Phi) is 7.36. The Bertz CT molecular complexity index is 1110. The molecule has 1 aromatic heterocycles. The van der Waals surface area contributed by atoms with E-state index in [1.54, 1.807) is 11.8 Å². The summed E-state index contributed by atoms with van der Waals surface area (Å²) in [4.78, 5) is 23.7. The lowest BCUT2D eigenvalue weighted by molar-refractivity contribution is 0.0951. The summed E-state index contributed by atoms with van der Waals surface area (Å²) in [5.41, 5.74) is 3.25. The Morgan fingerprint density at radius 3 is 2.41 bits per heavy atom. The lowest BCUT2D eigenvalue weighted by Crippen LogP contribution is -2.35. The van der Waals surface area contributed by atoms with Crippen molar-refractivity contribution in [1.29, 1.82) is 0 Å². The molecule has 1 saturated heterocycles. The summed E-state index contributed by atoms with van der Waals surface area (Å²) in [5, 5.41) is 4.18. The number of carbonyl (C=O) groups is 1. The number of benzene rings is 2.